The van der Waals surface area contributed by atoms with Crippen LogP contribution in [0.5, 0.6) is 0 Å². The quantitative estimate of drug-likeness (QED) is 0.624. The zero-order valence-corrected chi connectivity index (χ0v) is 9.32. The van der Waals surface area contributed by atoms with Crippen LogP contribution in [0.25, 0.3) is 0 Å². The molecule has 16 heavy (non-hydrogen) atoms. The number of aromatic amines is 1. The maximum Gasteiger partial charge on any atom is 0.267 e. The molecule has 0 aliphatic rings. The van der Waals surface area contributed by atoms with Crippen LogP contribution >= 0.6 is 0 Å². The zero-order valence-electron chi connectivity index (χ0n) is 9.32. The van der Waals surface area contributed by atoms with Gasteiger partial charge >= 0.3 is 0 Å². The first-order valence-corrected chi connectivity index (χ1v) is 5.32. The van der Waals surface area contributed by atoms with Gasteiger partial charge in [-0.3, -0.25) is 9.59 Å². The van der Waals surface area contributed by atoms with Crippen molar-refractivity contribution in [2.45, 2.75) is 25.8 Å². The fourth-order valence-electron chi connectivity index (χ4n) is 1.30. The Hall–Kier alpha value is -1.62. The van der Waals surface area contributed by atoms with E-state index in [-0.39, 0.29) is 23.2 Å². The normalized spacial score (nSPS) is 12.1. The third kappa shape index (κ3) is 4.27. The van der Waals surface area contributed by atoms with Gasteiger partial charge in [-0.25, -0.2) is 0 Å². The Bertz CT molecular complexity index is 398. The highest BCUT2D eigenvalue weighted by molar-refractivity contribution is 5.92. The fraction of sp³-hybridized carbons (Fsp3) is 0.455. The minimum Gasteiger partial charge on any atom is -0.351 e. The van der Waals surface area contributed by atoms with Crippen LogP contribution in [-0.2, 0) is 0 Å². The summed E-state index contributed by atoms with van der Waals surface area (Å²) >= 11 is 0. The van der Waals surface area contributed by atoms with Crippen molar-refractivity contribution < 1.29 is 4.79 Å². The van der Waals surface area contributed by atoms with E-state index in [1.807, 2.05) is 6.92 Å². The van der Waals surface area contributed by atoms with Gasteiger partial charge in [0.15, 0.2) is 0 Å². The van der Waals surface area contributed by atoms with Crippen molar-refractivity contribution >= 4 is 5.91 Å². The molecule has 0 aromatic carbocycles. The predicted molar refractivity (Wildman–Crippen MR) is 62.3 cm³/mol. The van der Waals surface area contributed by atoms with Gasteiger partial charge in [-0.15, -0.1) is 0 Å². The summed E-state index contributed by atoms with van der Waals surface area (Å²) in [6, 6.07) is 4.64. The zero-order chi connectivity index (χ0) is 12.0. The Kier molecular flexibility index (Phi) is 4.72. The first-order chi connectivity index (χ1) is 7.59. The monoisotopic (exact) mass is 223 g/mol. The summed E-state index contributed by atoms with van der Waals surface area (Å²) in [6.45, 7) is 2.49. The second-order valence-electron chi connectivity index (χ2n) is 3.80. The highest BCUT2D eigenvalue weighted by atomic mass is 16.2. The van der Waals surface area contributed by atoms with Gasteiger partial charge in [0.2, 0.25) is 5.56 Å². The highest BCUT2D eigenvalue weighted by Gasteiger charge is 2.04. The SMILES string of the molecule is CC(N)CCCNC(=O)c1cccc(=O)[nH]1. The van der Waals surface area contributed by atoms with Gasteiger partial charge in [-0.1, -0.05) is 6.07 Å². The van der Waals surface area contributed by atoms with Gasteiger partial charge in [-0.2, -0.15) is 0 Å². The summed E-state index contributed by atoms with van der Waals surface area (Å²) in [5.41, 5.74) is 5.59. The third-order valence-electron chi connectivity index (χ3n) is 2.13. The first kappa shape index (κ1) is 12.4. The van der Waals surface area contributed by atoms with E-state index in [9.17, 15) is 9.59 Å². The van der Waals surface area contributed by atoms with Crippen molar-refractivity contribution in [3.8, 4) is 0 Å². The number of amides is 1. The van der Waals surface area contributed by atoms with E-state index in [0.717, 1.165) is 12.8 Å². The van der Waals surface area contributed by atoms with Gasteiger partial charge in [0.25, 0.3) is 5.91 Å². The third-order valence-corrected chi connectivity index (χ3v) is 2.13. The molecule has 0 fully saturated rings. The van der Waals surface area contributed by atoms with Crippen molar-refractivity contribution in [3.05, 3.63) is 34.2 Å². The van der Waals surface area contributed by atoms with Crippen LogP contribution in [0.2, 0.25) is 0 Å². The van der Waals surface area contributed by atoms with Gasteiger partial charge in [0.1, 0.15) is 5.69 Å². The van der Waals surface area contributed by atoms with Gasteiger partial charge in [0.05, 0.1) is 0 Å². The number of hydrogen-bond donors (Lipinski definition) is 3. The van der Waals surface area contributed by atoms with E-state index in [1.165, 1.54) is 6.07 Å². The van der Waals surface area contributed by atoms with E-state index in [2.05, 4.69) is 10.3 Å². The van der Waals surface area contributed by atoms with Crippen LogP contribution in [0.1, 0.15) is 30.3 Å². The number of H-pyrrole nitrogens is 1. The lowest BCUT2D eigenvalue weighted by Gasteiger charge is -2.06. The number of nitrogens with two attached hydrogens (primary N) is 1. The largest absolute Gasteiger partial charge is 0.351 e. The summed E-state index contributed by atoms with van der Waals surface area (Å²) < 4.78 is 0. The molecule has 0 bridgehead atoms. The van der Waals surface area contributed by atoms with Crippen LogP contribution in [-0.4, -0.2) is 23.5 Å². The molecule has 1 aromatic heterocycles. The second kappa shape index (κ2) is 6.07. The standard InChI is InChI=1S/C11H17N3O2/c1-8(12)4-3-7-13-11(16)9-5-2-6-10(15)14-9/h2,5-6,8H,3-4,7,12H2,1H3,(H,13,16)(H,14,15). The molecule has 5 nitrogen and oxygen atoms in total. The molecule has 1 amide bonds. The molecule has 0 spiro atoms. The topological polar surface area (TPSA) is 88.0 Å². The average molecular weight is 223 g/mol. The summed E-state index contributed by atoms with van der Waals surface area (Å²) in [6.07, 6.45) is 1.70. The molecule has 88 valence electrons. The number of pyridine rings is 1. The molecule has 0 radical (unpaired) electrons. The van der Waals surface area contributed by atoms with Gasteiger partial charge < -0.3 is 16.0 Å². The first-order valence-electron chi connectivity index (χ1n) is 5.32. The number of rotatable bonds is 5. The molecule has 0 aliphatic carbocycles. The molecule has 5 heteroatoms. The highest BCUT2D eigenvalue weighted by Crippen LogP contribution is 1.93. The summed E-state index contributed by atoms with van der Waals surface area (Å²) in [5.74, 6) is -0.262. The Labute approximate surface area is 94.1 Å². The molecule has 1 unspecified atom stereocenters. The van der Waals surface area contributed by atoms with Crippen molar-refractivity contribution in [2.75, 3.05) is 6.54 Å². The van der Waals surface area contributed by atoms with Crippen LogP contribution in [0.15, 0.2) is 23.0 Å². The average Bonchev–Trinajstić information content (AvgIpc) is 2.24. The molecule has 1 heterocycles. The molecule has 0 saturated carbocycles. The maximum atomic E-state index is 11.5. The molecule has 1 aromatic rings. The van der Waals surface area contributed by atoms with Crippen molar-refractivity contribution in [1.29, 1.82) is 0 Å². The molecule has 4 N–H and O–H groups in total. The van der Waals surface area contributed by atoms with E-state index in [0.29, 0.717) is 6.54 Å². The number of carbonyl (C=O) groups excluding carboxylic acids is 1. The predicted octanol–water partition coefficient (Wildman–Crippen LogP) is 0.232. The van der Waals surface area contributed by atoms with Crippen molar-refractivity contribution in [2.24, 2.45) is 5.73 Å². The number of carbonyl (C=O) groups is 1. The smallest absolute Gasteiger partial charge is 0.267 e. The lowest BCUT2D eigenvalue weighted by Crippen LogP contribution is -2.28. The number of aromatic nitrogens is 1. The minimum atomic E-state index is -0.275. The number of hydrogen-bond acceptors (Lipinski definition) is 3. The van der Waals surface area contributed by atoms with Crippen LogP contribution in [0, 0.1) is 0 Å². The lowest BCUT2D eigenvalue weighted by molar-refractivity contribution is 0.0947. The molecular weight excluding hydrogens is 206 g/mol. The summed E-state index contributed by atoms with van der Waals surface area (Å²) in [5, 5.41) is 2.72. The molecule has 0 saturated heterocycles. The second-order valence-corrected chi connectivity index (χ2v) is 3.80. The van der Waals surface area contributed by atoms with Crippen LogP contribution in [0.4, 0.5) is 0 Å². The molecular formula is C11H17N3O2. The van der Waals surface area contributed by atoms with E-state index in [4.69, 9.17) is 5.73 Å². The Morgan fingerprint density at radius 1 is 1.56 bits per heavy atom. The van der Waals surface area contributed by atoms with Gasteiger partial charge in [0, 0.05) is 18.7 Å². The summed E-state index contributed by atoms with van der Waals surface area (Å²) in [4.78, 5) is 25.0. The Morgan fingerprint density at radius 2 is 2.31 bits per heavy atom. The van der Waals surface area contributed by atoms with Crippen LogP contribution in [0.3, 0.4) is 0 Å². The fourth-order valence-corrected chi connectivity index (χ4v) is 1.30. The van der Waals surface area contributed by atoms with Gasteiger partial charge in [-0.05, 0) is 25.8 Å². The molecule has 0 aliphatic heterocycles. The lowest BCUT2D eigenvalue weighted by atomic mass is 10.2. The van der Waals surface area contributed by atoms with Crippen molar-refractivity contribution in [1.82, 2.24) is 10.3 Å². The molecule has 1 atom stereocenters. The van der Waals surface area contributed by atoms with E-state index < -0.39 is 0 Å². The van der Waals surface area contributed by atoms with E-state index >= 15 is 0 Å². The van der Waals surface area contributed by atoms with Crippen molar-refractivity contribution in [3.63, 3.8) is 0 Å². The molecule has 1 rings (SSSR count). The van der Waals surface area contributed by atoms with E-state index in [1.54, 1.807) is 12.1 Å². The Balaban J connectivity index is 2.38. The summed E-state index contributed by atoms with van der Waals surface area (Å²) in [7, 11) is 0. The minimum absolute atomic E-state index is 0.147. The Morgan fingerprint density at radius 3 is 2.94 bits per heavy atom. The number of nitrogens with one attached hydrogen (secondary N) is 2. The van der Waals surface area contributed by atoms with Crippen LogP contribution < -0.4 is 16.6 Å². The maximum absolute atomic E-state index is 11.5.